The minimum absolute atomic E-state index is 0. The molecule has 5 heteroatoms. The summed E-state index contributed by atoms with van der Waals surface area (Å²) in [5.74, 6) is 0.936. The van der Waals surface area contributed by atoms with E-state index < -0.39 is 0 Å². The Morgan fingerprint density at radius 1 is 1.14 bits per heavy atom. The van der Waals surface area contributed by atoms with Gasteiger partial charge in [-0.1, -0.05) is 18.2 Å². The van der Waals surface area contributed by atoms with E-state index in [9.17, 15) is 0 Å². The molecule has 1 saturated heterocycles. The van der Waals surface area contributed by atoms with E-state index in [2.05, 4.69) is 59.5 Å². The van der Waals surface area contributed by atoms with Gasteiger partial charge >= 0.3 is 0 Å². The van der Waals surface area contributed by atoms with E-state index in [0.29, 0.717) is 0 Å². The van der Waals surface area contributed by atoms with Gasteiger partial charge in [-0.25, -0.2) is 0 Å². The van der Waals surface area contributed by atoms with E-state index in [0.717, 1.165) is 12.5 Å². The summed E-state index contributed by atoms with van der Waals surface area (Å²) < 4.78 is 0. The molecule has 128 valence electrons. The molecule has 0 unspecified atom stereocenters. The van der Waals surface area contributed by atoms with E-state index >= 15 is 0 Å². The molecular weight excluding hydrogens is 317 g/mol. The maximum absolute atomic E-state index is 3.26. The van der Waals surface area contributed by atoms with E-state index in [4.69, 9.17) is 0 Å². The highest BCUT2D eigenvalue weighted by molar-refractivity contribution is 5.85. The number of rotatable bonds is 7. The van der Waals surface area contributed by atoms with Gasteiger partial charge in [0.25, 0.3) is 0 Å². The molecule has 1 N–H and O–H groups in total. The molecule has 1 fully saturated rings. The maximum atomic E-state index is 3.26. The Bertz CT molecular complexity index is 367. The first-order valence-corrected chi connectivity index (χ1v) is 7.92. The van der Waals surface area contributed by atoms with Crippen LogP contribution < -0.4 is 10.2 Å². The zero-order valence-corrected chi connectivity index (χ0v) is 15.5. The van der Waals surface area contributed by atoms with Crippen LogP contribution in [0.1, 0.15) is 19.3 Å². The highest BCUT2D eigenvalue weighted by Crippen LogP contribution is 2.20. The number of piperidine rings is 1. The van der Waals surface area contributed by atoms with Gasteiger partial charge in [0.2, 0.25) is 0 Å². The first-order chi connectivity index (χ1) is 9.79. The second-order valence-electron chi connectivity index (χ2n) is 5.93. The predicted molar refractivity (Wildman–Crippen MR) is 102 cm³/mol. The van der Waals surface area contributed by atoms with Gasteiger partial charge in [-0.15, -0.1) is 24.8 Å². The monoisotopic (exact) mass is 347 g/mol. The topological polar surface area (TPSA) is 18.5 Å². The zero-order chi connectivity index (χ0) is 14.2. The van der Waals surface area contributed by atoms with Crippen LogP contribution in [-0.2, 0) is 0 Å². The summed E-state index contributed by atoms with van der Waals surface area (Å²) in [6.45, 7) is 6.02. The third-order valence-electron chi connectivity index (χ3n) is 4.46. The van der Waals surface area contributed by atoms with Gasteiger partial charge in [0.05, 0.1) is 0 Å². The van der Waals surface area contributed by atoms with Gasteiger partial charge in [-0.3, -0.25) is 0 Å². The molecule has 0 saturated carbocycles. The molecule has 1 aliphatic heterocycles. The van der Waals surface area contributed by atoms with Crippen molar-refractivity contribution in [3.8, 4) is 0 Å². The number of likely N-dealkylation sites (tertiary alicyclic amines) is 1. The number of hydrogen-bond donors (Lipinski definition) is 1. The Hall–Kier alpha value is -0.480. The Morgan fingerprint density at radius 3 is 2.36 bits per heavy atom. The predicted octanol–water partition coefficient (Wildman–Crippen LogP) is 3.29. The van der Waals surface area contributed by atoms with Gasteiger partial charge in [0, 0.05) is 25.8 Å². The van der Waals surface area contributed by atoms with Crippen molar-refractivity contribution < 1.29 is 0 Å². The summed E-state index contributed by atoms with van der Waals surface area (Å²) in [5, 5.41) is 3.26. The summed E-state index contributed by atoms with van der Waals surface area (Å²) in [5.41, 5.74) is 1.32. The number of benzene rings is 1. The fourth-order valence-corrected chi connectivity index (χ4v) is 2.95. The molecule has 1 heterocycles. The summed E-state index contributed by atoms with van der Waals surface area (Å²) in [4.78, 5) is 4.97. The van der Waals surface area contributed by atoms with E-state index in [1.807, 2.05) is 0 Å². The van der Waals surface area contributed by atoms with Crippen LogP contribution in [0.2, 0.25) is 0 Å². The van der Waals surface area contributed by atoms with Gasteiger partial charge in [-0.05, 0) is 64.0 Å². The molecule has 0 bridgehead atoms. The molecule has 3 nitrogen and oxygen atoms in total. The minimum atomic E-state index is 0. The van der Waals surface area contributed by atoms with Crippen molar-refractivity contribution in [3.63, 3.8) is 0 Å². The van der Waals surface area contributed by atoms with Crippen molar-refractivity contribution in [3.05, 3.63) is 30.3 Å². The Balaban J connectivity index is 0.00000220. The van der Waals surface area contributed by atoms with Crippen molar-refractivity contribution in [1.82, 2.24) is 10.2 Å². The van der Waals surface area contributed by atoms with E-state index in [1.165, 1.54) is 51.1 Å². The number of halogens is 2. The van der Waals surface area contributed by atoms with Gasteiger partial charge in [0.15, 0.2) is 0 Å². The van der Waals surface area contributed by atoms with Crippen LogP contribution >= 0.6 is 24.8 Å². The number of likely N-dealkylation sites (N-methyl/N-ethyl adjacent to an activating group) is 1. The molecule has 1 aromatic rings. The van der Waals surface area contributed by atoms with Crippen molar-refractivity contribution >= 4 is 30.5 Å². The van der Waals surface area contributed by atoms with Crippen molar-refractivity contribution in [1.29, 1.82) is 0 Å². The van der Waals surface area contributed by atoms with Crippen molar-refractivity contribution in [2.45, 2.75) is 19.3 Å². The first kappa shape index (κ1) is 21.5. The molecule has 22 heavy (non-hydrogen) atoms. The summed E-state index contributed by atoms with van der Waals surface area (Å²) >= 11 is 0. The molecule has 0 radical (unpaired) electrons. The molecule has 0 spiro atoms. The summed E-state index contributed by atoms with van der Waals surface area (Å²) in [6.07, 6.45) is 4.09. The second-order valence-corrected chi connectivity index (χ2v) is 5.93. The lowest BCUT2D eigenvalue weighted by Crippen LogP contribution is -2.39. The Labute approximate surface area is 148 Å². The average Bonchev–Trinajstić information content (AvgIpc) is 2.52. The minimum Gasteiger partial charge on any atom is -0.373 e. The lowest BCUT2D eigenvalue weighted by atomic mass is 9.93. The first-order valence-electron chi connectivity index (χ1n) is 7.92. The standard InChI is InChI=1S/C17H29N3.2ClH/c1-18-11-8-16-9-12-20(13-10-16)15-14-19(2)17-6-4-3-5-7-17;;/h3-7,16,18H,8-15H2,1-2H3;2*1H. The fraction of sp³-hybridized carbons (Fsp3) is 0.647. The summed E-state index contributed by atoms with van der Waals surface area (Å²) in [7, 11) is 4.24. The molecule has 1 aromatic carbocycles. The smallest absolute Gasteiger partial charge is 0.0364 e. The molecule has 2 rings (SSSR count). The number of nitrogens with one attached hydrogen (secondary N) is 1. The third kappa shape index (κ3) is 7.19. The van der Waals surface area contributed by atoms with Crippen molar-refractivity contribution in [2.24, 2.45) is 5.92 Å². The third-order valence-corrected chi connectivity index (χ3v) is 4.46. The van der Waals surface area contributed by atoms with Crippen LogP contribution in [0.15, 0.2) is 30.3 Å². The lowest BCUT2D eigenvalue weighted by Gasteiger charge is -2.33. The zero-order valence-electron chi connectivity index (χ0n) is 13.8. The van der Waals surface area contributed by atoms with Gasteiger partial charge in [-0.2, -0.15) is 0 Å². The highest BCUT2D eigenvalue weighted by Gasteiger charge is 2.18. The van der Waals surface area contributed by atoms with Gasteiger partial charge < -0.3 is 15.1 Å². The summed E-state index contributed by atoms with van der Waals surface area (Å²) in [6, 6.07) is 10.7. The number of hydrogen-bond acceptors (Lipinski definition) is 3. The van der Waals surface area contributed by atoms with E-state index in [1.54, 1.807) is 0 Å². The molecule has 0 aromatic heterocycles. The average molecular weight is 348 g/mol. The molecule has 0 aliphatic carbocycles. The number of nitrogens with zero attached hydrogens (tertiary/aromatic N) is 2. The number of anilines is 1. The van der Waals surface area contributed by atoms with Crippen LogP contribution in [0.4, 0.5) is 5.69 Å². The van der Waals surface area contributed by atoms with E-state index in [-0.39, 0.29) is 24.8 Å². The maximum Gasteiger partial charge on any atom is 0.0364 e. The van der Waals surface area contributed by atoms with Crippen LogP contribution in [0.5, 0.6) is 0 Å². The highest BCUT2D eigenvalue weighted by atomic mass is 35.5. The molecule has 0 atom stereocenters. The second kappa shape index (κ2) is 12.0. The normalized spacial score (nSPS) is 15.7. The SMILES string of the molecule is CNCCC1CCN(CCN(C)c2ccccc2)CC1.Cl.Cl. The fourth-order valence-electron chi connectivity index (χ4n) is 2.95. The quantitative estimate of drug-likeness (QED) is 0.816. The Kier molecular flexibility index (Phi) is 11.7. The molecule has 0 amide bonds. The number of para-hydroxylation sites is 1. The molecular formula is C17H31Cl2N3. The molecule has 1 aliphatic rings. The van der Waals surface area contributed by atoms with Crippen LogP contribution in [0.25, 0.3) is 0 Å². The lowest BCUT2D eigenvalue weighted by molar-refractivity contribution is 0.183. The van der Waals surface area contributed by atoms with Crippen LogP contribution in [-0.4, -0.2) is 51.7 Å². The Morgan fingerprint density at radius 2 is 1.77 bits per heavy atom. The van der Waals surface area contributed by atoms with Gasteiger partial charge in [0.1, 0.15) is 0 Å². The van der Waals surface area contributed by atoms with Crippen molar-refractivity contribution in [2.75, 3.05) is 51.7 Å². The van der Waals surface area contributed by atoms with Crippen LogP contribution in [0, 0.1) is 5.92 Å². The van der Waals surface area contributed by atoms with Crippen LogP contribution in [0.3, 0.4) is 0 Å². The largest absolute Gasteiger partial charge is 0.373 e.